The van der Waals surface area contributed by atoms with Crippen LogP contribution in [0.3, 0.4) is 0 Å². The monoisotopic (exact) mass is 294 g/mol. The molecule has 2 heterocycles. The summed E-state index contributed by atoms with van der Waals surface area (Å²) < 4.78 is 16.2. The molecule has 5 nitrogen and oxygen atoms in total. The fourth-order valence-corrected chi connectivity index (χ4v) is 2.59. The van der Waals surface area contributed by atoms with Crippen molar-refractivity contribution < 1.29 is 18.4 Å². The zero-order chi connectivity index (χ0) is 15.3. The summed E-state index contributed by atoms with van der Waals surface area (Å²) in [5.74, 6) is -0.0695. The average molecular weight is 294 g/mol. The van der Waals surface area contributed by atoms with Gasteiger partial charge in [-0.25, -0.2) is 4.79 Å². The Hall–Kier alpha value is -3.08. The molecule has 2 aromatic carbocycles. The Kier molecular flexibility index (Phi) is 2.56. The highest BCUT2D eigenvalue weighted by Gasteiger charge is 2.16. The number of furan rings is 1. The number of carbonyl (C=O) groups is 1. The lowest BCUT2D eigenvalue weighted by Crippen LogP contribution is -2.01. The summed E-state index contributed by atoms with van der Waals surface area (Å²) in [5.41, 5.74) is 1.00. The van der Waals surface area contributed by atoms with Crippen molar-refractivity contribution in [1.29, 1.82) is 0 Å². The lowest BCUT2D eigenvalue weighted by Gasteiger charge is -1.99. The molecule has 0 amide bonds. The number of carbonyl (C=O) groups excluding carboxylic acids is 1. The van der Waals surface area contributed by atoms with Gasteiger partial charge in [-0.2, -0.15) is 0 Å². The van der Waals surface area contributed by atoms with Crippen LogP contribution in [0.2, 0.25) is 0 Å². The van der Waals surface area contributed by atoms with E-state index in [1.54, 1.807) is 30.3 Å². The van der Waals surface area contributed by atoms with Crippen LogP contribution in [0.5, 0.6) is 5.75 Å². The molecule has 0 atom stereocenters. The van der Waals surface area contributed by atoms with Gasteiger partial charge in [0.15, 0.2) is 5.58 Å². The van der Waals surface area contributed by atoms with E-state index in [9.17, 15) is 9.59 Å². The number of fused-ring (bicyclic) bond motifs is 5. The van der Waals surface area contributed by atoms with E-state index in [4.69, 9.17) is 13.6 Å². The van der Waals surface area contributed by atoms with Crippen LogP contribution in [0.15, 0.2) is 56.1 Å². The molecule has 0 N–H and O–H groups in total. The summed E-state index contributed by atoms with van der Waals surface area (Å²) in [6.45, 7) is 1.32. The van der Waals surface area contributed by atoms with Gasteiger partial charge in [-0.3, -0.25) is 4.79 Å². The molecule has 5 heteroatoms. The molecule has 0 spiro atoms. The molecule has 108 valence electrons. The molecule has 0 fully saturated rings. The maximum absolute atomic E-state index is 12.3. The minimum absolute atomic E-state index is 0.350. The van der Waals surface area contributed by atoms with E-state index < -0.39 is 11.6 Å². The van der Waals surface area contributed by atoms with Gasteiger partial charge < -0.3 is 13.6 Å². The fourth-order valence-electron chi connectivity index (χ4n) is 2.59. The molecule has 0 saturated carbocycles. The van der Waals surface area contributed by atoms with Crippen LogP contribution in [0.25, 0.3) is 32.9 Å². The van der Waals surface area contributed by atoms with Crippen molar-refractivity contribution in [3.8, 4) is 5.75 Å². The zero-order valence-corrected chi connectivity index (χ0v) is 11.6. The van der Waals surface area contributed by atoms with Gasteiger partial charge >= 0.3 is 11.6 Å². The van der Waals surface area contributed by atoms with Crippen molar-refractivity contribution in [3.05, 3.63) is 52.9 Å². The second-order valence-electron chi connectivity index (χ2n) is 4.94. The van der Waals surface area contributed by atoms with E-state index in [-0.39, 0.29) is 0 Å². The second-order valence-corrected chi connectivity index (χ2v) is 4.94. The van der Waals surface area contributed by atoms with Gasteiger partial charge in [0, 0.05) is 12.3 Å². The molecule has 2 aromatic heterocycles. The third kappa shape index (κ3) is 1.79. The first-order valence-corrected chi connectivity index (χ1v) is 6.70. The summed E-state index contributed by atoms with van der Waals surface area (Å²) in [6, 6.07) is 12.1. The highest BCUT2D eigenvalue weighted by molar-refractivity contribution is 6.13. The Bertz CT molecular complexity index is 1100. The standard InChI is InChI=1S/C17H10O5/c1-9(18)20-10-6-7-14-12(8-10)15-16(21-14)11-4-2-3-5-13(11)22-17(15)19/h2-8H,1H3. The minimum atomic E-state index is -0.479. The molecular weight excluding hydrogens is 284 g/mol. The van der Waals surface area contributed by atoms with Gasteiger partial charge in [-0.1, -0.05) is 12.1 Å². The van der Waals surface area contributed by atoms with E-state index >= 15 is 0 Å². The predicted molar refractivity (Wildman–Crippen MR) is 81.1 cm³/mol. The highest BCUT2D eigenvalue weighted by Crippen LogP contribution is 2.33. The van der Waals surface area contributed by atoms with E-state index in [0.717, 1.165) is 5.39 Å². The van der Waals surface area contributed by atoms with Crippen LogP contribution in [0.1, 0.15) is 6.92 Å². The quantitative estimate of drug-likeness (QED) is 0.304. The summed E-state index contributed by atoms with van der Waals surface area (Å²) in [5, 5.41) is 1.64. The third-order valence-corrected chi connectivity index (χ3v) is 3.46. The number of benzene rings is 2. The summed E-state index contributed by atoms with van der Waals surface area (Å²) in [6.07, 6.45) is 0. The Morgan fingerprint density at radius 2 is 1.77 bits per heavy atom. The molecule has 0 radical (unpaired) electrons. The zero-order valence-electron chi connectivity index (χ0n) is 11.6. The normalized spacial score (nSPS) is 11.3. The largest absolute Gasteiger partial charge is 0.455 e. The molecular formula is C17H10O5. The number of hydrogen-bond acceptors (Lipinski definition) is 5. The average Bonchev–Trinajstić information content (AvgIpc) is 2.86. The van der Waals surface area contributed by atoms with E-state index in [1.165, 1.54) is 6.92 Å². The Labute approximate surface area is 123 Å². The molecule has 4 aromatic rings. The van der Waals surface area contributed by atoms with Crippen LogP contribution in [0, 0.1) is 0 Å². The molecule has 0 saturated heterocycles. The van der Waals surface area contributed by atoms with Gasteiger partial charge in [-0.15, -0.1) is 0 Å². The van der Waals surface area contributed by atoms with Crippen LogP contribution in [-0.2, 0) is 4.79 Å². The van der Waals surface area contributed by atoms with Crippen molar-refractivity contribution in [3.63, 3.8) is 0 Å². The maximum Gasteiger partial charge on any atom is 0.348 e. The number of ether oxygens (including phenoxy) is 1. The van der Waals surface area contributed by atoms with Crippen LogP contribution >= 0.6 is 0 Å². The first kappa shape index (κ1) is 12.6. The van der Waals surface area contributed by atoms with Gasteiger partial charge in [0.1, 0.15) is 22.3 Å². The molecule has 0 aliphatic carbocycles. The lowest BCUT2D eigenvalue weighted by molar-refractivity contribution is -0.131. The third-order valence-electron chi connectivity index (χ3n) is 3.46. The first-order valence-electron chi connectivity index (χ1n) is 6.70. The SMILES string of the molecule is CC(=O)Oc1ccc2oc3c4ccccc4oc(=O)c3c2c1. The molecule has 4 rings (SSSR count). The Morgan fingerprint density at radius 1 is 1.00 bits per heavy atom. The number of esters is 1. The molecule has 0 aliphatic heterocycles. The van der Waals surface area contributed by atoms with Crippen molar-refractivity contribution >= 4 is 38.9 Å². The molecule has 0 aliphatic rings. The van der Waals surface area contributed by atoms with Crippen LogP contribution in [0.4, 0.5) is 0 Å². The number of hydrogen-bond donors (Lipinski definition) is 0. The van der Waals surface area contributed by atoms with Crippen LogP contribution in [-0.4, -0.2) is 5.97 Å². The van der Waals surface area contributed by atoms with Gasteiger partial charge in [0.2, 0.25) is 0 Å². The predicted octanol–water partition coefficient (Wildman–Crippen LogP) is 3.62. The molecule has 0 unspecified atom stereocenters. The van der Waals surface area contributed by atoms with Gasteiger partial charge in [0.05, 0.1) is 5.39 Å². The highest BCUT2D eigenvalue weighted by atomic mass is 16.5. The van der Waals surface area contributed by atoms with Gasteiger partial charge in [0.25, 0.3) is 0 Å². The van der Waals surface area contributed by atoms with E-state index in [0.29, 0.717) is 33.3 Å². The Balaban J connectivity index is 2.14. The Morgan fingerprint density at radius 3 is 2.59 bits per heavy atom. The van der Waals surface area contributed by atoms with Crippen molar-refractivity contribution in [2.75, 3.05) is 0 Å². The number of para-hydroxylation sites is 1. The summed E-state index contributed by atoms with van der Waals surface area (Å²) in [4.78, 5) is 23.3. The van der Waals surface area contributed by atoms with Crippen molar-refractivity contribution in [2.24, 2.45) is 0 Å². The summed E-state index contributed by atoms with van der Waals surface area (Å²) in [7, 11) is 0. The lowest BCUT2D eigenvalue weighted by atomic mass is 10.1. The maximum atomic E-state index is 12.3. The number of rotatable bonds is 1. The minimum Gasteiger partial charge on any atom is -0.455 e. The van der Waals surface area contributed by atoms with E-state index in [1.807, 2.05) is 12.1 Å². The van der Waals surface area contributed by atoms with E-state index in [2.05, 4.69) is 0 Å². The molecule has 0 bridgehead atoms. The van der Waals surface area contributed by atoms with Gasteiger partial charge in [-0.05, 0) is 30.3 Å². The van der Waals surface area contributed by atoms with Crippen molar-refractivity contribution in [1.82, 2.24) is 0 Å². The summed E-state index contributed by atoms with van der Waals surface area (Å²) >= 11 is 0. The topological polar surface area (TPSA) is 69.7 Å². The fraction of sp³-hybridized carbons (Fsp3) is 0.0588. The second kappa shape index (κ2) is 4.46. The smallest absolute Gasteiger partial charge is 0.348 e. The van der Waals surface area contributed by atoms with Crippen LogP contribution < -0.4 is 10.4 Å². The van der Waals surface area contributed by atoms with Crippen molar-refractivity contribution in [2.45, 2.75) is 6.92 Å². The first-order chi connectivity index (χ1) is 10.6. The molecule has 22 heavy (non-hydrogen) atoms.